The number of hydrogen-bond acceptors (Lipinski definition) is 2. The van der Waals surface area contributed by atoms with E-state index in [4.69, 9.17) is 0 Å². The maximum atomic E-state index is 12.5. The number of anilines is 1. The van der Waals surface area contributed by atoms with Crippen molar-refractivity contribution in [3.8, 4) is 0 Å². The van der Waals surface area contributed by atoms with Gasteiger partial charge in [0, 0.05) is 11.8 Å². The van der Waals surface area contributed by atoms with Gasteiger partial charge in [-0.2, -0.15) is 0 Å². The van der Waals surface area contributed by atoms with Gasteiger partial charge < -0.3 is 5.32 Å². The number of pyridine rings is 1. The van der Waals surface area contributed by atoms with Crippen LogP contribution in [0.15, 0.2) is 36.5 Å². The highest BCUT2D eigenvalue weighted by molar-refractivity contribution is 6.06. The molecular weight excluding hydrogens is 236 g/mol. The van der Waals surface area contributed by atoms with Gasteiger partial charge in [-0.15, -0.1) is 0 Å². The highest BCUT2D eigenvalue weighted by Crippen LogP contribution is 2.46. The first-order chi connectivity index (χ1) is 9.19. The molecule has 3 nitrogen and oxygen atoms in total. The quantitative estimate of drug-likeness (QED) is 0.780. The van der Waals surface area contributed by atoms with E-state index >= 15 is 0 Å². The molecule has 0 fully saturated rings. The molecule has 2 aromatic rings. The number of nitrogens with zero attached hydrogens (tertiary/aromatic N) is 1. The van der Waals surface area contributed by atoms with E-state index in [1.807, 2.05) is 12.1 Å². The zero-order valence-corrected chi connectivity index (χ0v) is 10.7. The molecule has 1 aromatic carbocycles. The smallest absolute Gasteiger partial charge is 0.237 e. The summed E-state index contributed by atoms with van der Waals surface area (Å²) in [5.41, 5.74) is 4.46. The van der Waals surface area contributed by atoms with Crippen molar-refractivity contribution >= 4 is 11.7 Å². The van der Waals surface area contributed by atoms with Gasteiger partial charge in [-0.1, -0.05) is 29.8 Å². The van der Waals surface area contributed by atoms with Crippen LogP contribution in [-0.2, 0) is 23.1 Å². The van der Waals surface area contributed by atoms with Crippen molar-refractivity contribution in [1.82, 2.24) is 4.98 Å². The fraction of sp³-hybridized carbons (Fsp3) is 0.250. The maximum Gasteiger partial charge on any atom is 0.237 e. The van der Waals surface area contributed by atoms with Crippen molar-refractivity contribution in [2.75, 3.05) is 5.32 Å². The number of fused-ring (bicyclic) bond motifs is 3. The second-order valence-corrected chi connectivity index (χ2v) is 5.56. The number of rotatable bonds is 0. The zero-order valence-electron chi connectivity index (χ0n) is 10.7. The molecule has 1 aliphatic heterocycles. The molecule has 0 bridgehead atoms. The molecule has 1 N–H and O–H groups in total. The third-order valence-corrected chi connectivity index (χ3v) is 4.34. The van der Waals surface area contributed by atoms with E-state index in [1.54, 1.807) is 6.20 Å². The van der Waals surface area contributed by atoms with E-state index in [0.717, 1.165) is 24.2 Å². The summed E-state index contributed by atoms with van der Waals surface area (Å²) in [4.78, 5) is 16.7. The average molecular weight is 250 g/mol. The Kier molecular flexibility index (Phi) is 1.94. The molecule has 19 heavy (non-hydrogen) atoms. The molecular formula is C16H14N2O. The number of carbonyl (C=O) groups is 1. The van der Waals surface area contributed by atoms with Crippen LogP contribution in [0.25, 0.3) is 0 Å². The lowest BCUT2D eigenvalue weighted by molar-refractivity contribution is -0.120. The number of benzene rings is 1. The zero-order chi connectivity index (χ0) is 13.0. The van der Waals surface area contributed by atoms with Gasteiger partial charge in [-0.25, -0.2) is 4.98 Å². The summed E-state index contributed by atoms with van der Waals surface area (Å²) in [6, 6.07) is 10.4. The first kappa shape index (κ1) is 10.7. The van der Waals surface area contributed by atoms with Gasteiger partial charge >= 0.3 is 0 Å². The van der Waals surface area contributed by atoms with Gasteiger partial charge in [-0.05, 0) is 37.0 Å². The molecule has 1 spiro atoms. The first-order valence-electron chi connectivity index (χ1n) is 6.54. The van der Waals surface area contributed by atoms with Gasteiger partial charge in [0.05, 0.1) is 5.41 Å². The number of carbonyl (C=O) groups excluding carboxylic acids is 1. The minimum Gasteiger partial charge on any atom is -0.310 e. The lowest BCUT2D eigenvalue weighted by atomic mass is 9.79. The standard InChI is InChI=1S/C16H14N2O/c1-10-4-5-11-8-16(9-12(11)7-10)13-3-2-6-17-14(13)18-15(16)19/h2-7H,8-9H2,1H3,(H,17,18,19)/t16-/m1/s1. The third-order valence-electron chi connectivity index (χ3n) is 4.34. The third kappa shape index (κ3) is 1.33. The summed E-state index contributed by atoms with van der Waals surface area (Å²) >= 11 is 0. The molecule has 0 saturated heterocycles. The number of hydrogen-bond donors (Lipinski definition) is 1. The van der Waals surface area contributed by atoms with E-state index in [9.17, 15) is 4.79 Å². The molecule has 4 rings (SSSR count). The molecule has 0 saturated carbocycles. The molecule has 3 heteroatoms. The SMILES string of the molecule is Cc1ccc2c(c1)C[C@@]1(C2)C(=O)Nc2ncccc21. The maximum absolute atomic E-state index is 12.5. The van der Waals surface area contributed by atoms with Crippen LogP contribution < -0.4 is 5.32 Å². The van der Waals surface area contributed by atoms with Crippen molar-refractivity contribution in [2.45, 2.75) is 25.2 Å². The van der Waals surface area contributed by atoms with Crippen molar-refractivity contribution in [2.24, 2.45) is 0 Å². The molecule has 0 unspecified atom stereocenters. The lowest BCUT2D eigenvalue weighted by Crippen LogP contribution is -2.35. The predicted molar refractivity (Wildman–Crippen MR) is 73.1 cm³/mol. The van der Waals surface area contributed by atoms with Crippen LogP contribution >= 0.6 is 0 Å². The van der Waals surface area contributed by atoms with Crippen LogP contribution in [0.5, 0.6) is 0 Å². The Balaban J connectivity index is 1.88. The van der Waals surface area contributed by atoms with Crippen molar-refractivity contribution in [3.63, 3.8) is 0 Å². The van der Waals surface area contributed by atoms with Crippen LogP contribution in [0.2, 0.25) is 0 Å². The van der Waals surface area contributed by atoms with Gasteiger partial charge in [-0.3, -0.25) is 4.79 Å². The van der Waals surface area contributed by atoms with Crippen molar-refractivity contribution in [1.29, 1.82) is 0 Å². The lowest BCUT2D eigenvalue weighted by Gasteiger charge is -2.20. The largest absolute Gasteiger partial charge is 0.310 e. The number of nitrogens with one attached hydrogen (secondary N) is 1. The summed E-state index contributed by atoms with van der Waals surface area (Å²) in [6.07, 6.45) is 3.30. The topological polar surface area (TPSA) is 42.0 Å². The highest BCUT2D eigenvalue weighted by atomic mass is 16.2. The number of aromatic nitrogens is 1. The molecule has 1 atom stereocenters. The Morgan fingerprint density at radius 3 is 2.95 bits per heavy atom. The predicted octanol–water partition coefficient (Wildman–Crippen LogP) is 2.38. The van der Waals surface area contributed by atoms with Gasteiger partial charge in [0.25, 0.3) is 0 Å². The van der Waals surface area contributed by atoms with E-state index < -0.39 is 5.41 Å². The van der Waals surface area contributed by atoms with Gasteiger partial charge in [0.15, 0.2) is 0 Å². The van der Waals surface area contributed by atoms with Crippen LogP contribution in [0.3, 0.4) is 0 Å². The monoisotopic (exact) mass is 250 g/mol. The summed E-state index contributed by atoms with van der Waals surface area (Å²) in [5, 5.41) is 2.93. The molecule has 2 aliphatic rings. The minimum absolute atomic E-state index is 0.0926. The Bertz CT molecular complexity index is 708. The second kappa shape index (κ2) is 3.44. The average Bonchev–Trinajstić information content (AvgIpc) is 2.90. The van der Waals surface area contributed by atoms with Crippen molar-refractivity contribution < 1.29 is 4.79 Å². The van der Waals surface area contributed by atoms with Gasteiger partial charge in [0.2, 0.25) is 5.91 Å². The van der Waals surface area contributed by atoms with Crippen LogP contribution in [0, 0.1) is 6.92 Å². The second-order valence-electron chi connectivity index (χ2n) is 5.56. The molecule has 1 amide bonds. The highest BCUT2D eigenvalue weighted by Gasteiger charge is 2.50. The van der Waals surface area contributed by atoms with E-state index in [-0.39, 0.29) is 5.91 Å². The fourth-order valence-electron chi connectivity index (χ4n) is 3.40. The van der Waals surface area contributed by atoms with Crippen LogP contribution in [-0.4, -0.2) is 10.9 Å². The Labute approximate surface area is 111 Å². The van der Waals surface area contributed by atoms with E-state index in [1.165, 1.54) is 16.7 Å². The summed E-state index contributed by atoms with van der Waals surface area (Å²) in [6.45, 7) is 2.09. The molecule has 1 aromatic heterocycles. The van der Waals surface area contributed by atoms with Gasteiger partial charge in [0.1, 0.15) is 5.82 Å². The summed E-state index contributed by atoms with van der Waals surface area (Å²) in [7, 11) is 0. The van der Waals surface area contributed by atoms with Crippen LogP contribution in [0.4, 0.5) is 5.82 Å². The van der Waals surface area contributed by atoms with E-state index in [2.05, 4.69) is 35.4 Å². The molecule has 1 aliphatic carbocycles. The molecule has 0 radical (unpaired) electrons. The summed E-state index contributed by atoms with van der Waals surface area (Å²) in [5.74, 6) is 0.826. The number of amides is 1. The normalized spacial score (nSPS) is 23.3. The van der Waals surface area contributed by atoms with Crippen molar-refractivity contribution in [3.05, 3.63) is 58.8 Å². The first-order valence-corrected chi connectivity index (χ1v) is 6.54. The Hall–Kier alpha value is -2.16. The van der Waals surface area contributed by atoms with Crippen LogP contribution in [0.1, 0.15) is 22.3 Å². The Morgan fingerprint density at radius 2 is 2.05 bits per heavy atom. The minimum atomic E-state index is -0.431. The number of aryl methyl sites for hydroxylation is 1. The summed E-state index contributed by atoms with van der Waals surface area (Å²) < 4.78 is 0. The fourth-order valence-corrected chi connectivity index (χ4v) is 3.40. The molecule has 2 heterocycles. The molecule has 94 valence electrons. The van der Waals surface area contributed by atoms with E-state index in [0.29, 0.717) is 0 Å². The Morgan fingerprint density at radius 1 is 1.21 bits per heavy atom.